The van der Waals surface area contributed by atoms with Gasteiger partial charge in [0.2, 0.25) is 0 Å². The average Bonchev–Trinajstić information content (AvgIpc) is 1.68. The van der Waals surface area contributed by atoms with E-state index in [4.69, 9.17) is 22.7 Å². The summed E-state index contributed by atoms with van der Waals surface area (Å²) in [5, 5.41) is 0.558. The molecule has 0 saturated heterocycles. The van der Waals surface area contributed by atoms with Crippen LogP contribution in [-0.4, -0.2) is 18.2 Å². The molecule has 1 N–H and O–H groups in total. The van der Waals surface area contributed by atoms with Gasteiger partial charge in [0.1, 0.15) is 0 Å². The van der Waals surface area contributed by atoms with Crippen molar-refractivity contribution >= 4 is 17.3 Å². The standard InChI is InChI=1S/C5H10NOS/c1-2-7-5(8)3-4-6/h6H,2-4H2,1H3. The van der Waals surface area contributed by atoms with E-state index in [1.807, 2.05) is 6.92 Å². The first kappa shape index (κ1) is 7.85. The van der Waals surface area contributed by atoms with Crippen molar-refractivity contribution < 1.29 is 4.74 Å². The predicted octanol–water partition coefficient (Wildman–Crippen LogP) is 1.02. The smallest absolute Gasteiger partial charge is 0.160 e. The molecule has 0 aromatic rings. The Morgan fingerprint density at radius 1 is 1.75 bits per heavy atom. The van der Waals surface area contributed by atoms with E-state index in [0.717, 1.165) is 0 Å². The minimum Gasteiger partial charge on any atom is -0.487 e. The highest BCUT2D eigenvalue weighted by molar-refractivity contribution is 7.80. The maximum Gasteiger partial charge on any atom is 0.160 e. The van der Waals surface area contributed by atoms with E-state index >= 15 is 0 Å². The SMILES string of the molecule is CCOC(=S)CC[NH]. The minimum atomic E-state index is 0.332. The van der Waals surface area contributed by atoms with Gasteiger partial charge in [-0.25, -0.2) is 0 Å². The monoisotopic (exact) mass is 132 g/mol. The lowest BCUT2D eigenvalue weighted by molar-refractivity contribution is 0.327. The molecule has 0 saturated carbocycles. The van der Waals surface area contributed by atoms with Crippen LogP contribution in [-0.2, 0) is 4.74 Å². The van der Waals surface area contributed by atoms with Crippen LogP contribution >= 0.6 is 12.2 Å². The molecule has 0 spiro atoms. The molecule has 0 atom stereocenters. The summed E-state index contributed by atoms with van der Waals surface area (Å²) in [6, 6.07) is 0. The molecule has 0 aliphatic heterocycles. The Morgan fingerprint density at radius 3 is 2.75 bits per heavy atom. The van der Waals surface area contributed by atoms with E-state index in [9.17, 15) is 0 Å². The zero-order valence-electron chi connectivity index (χ0n) is 4.94. The second kappa shape index (κ2) is 5.00. The fourth-order valence-corrected chi connectivity index (χ4v) is 0.555. The van der Waals surface area contributed by atoms with E-state index in [1.165, 1.54) is 0 Å². The first-order valence-electron chi connectivity index (χ1n) is 2.61. The van der Waals surface area contributed by atoms with Crippen LogP contribution in [0.2, 0.25) is 0 Å². The Kier molecular flexibility index (Phi) is 4.90. The van der Waals surface area contributed by atoms with Crippen molar-refractivity contribution in [3.05, 3.63) is 0 Å². The van der Waals surface area contributed by atoms with Gasteiger partial charge in [0, 0.05) is 13.0 Å². The number of hydrogen-bond acceptors (Lipinski definition) is 2. The number of hydrogen-bond donors (Lipinski definition) is 0. The molecule has 47 valence electrons. The summed E-state index contributed by atoms with van der Waals surface area (Å²) in [7, 11) is 0. The largest absolute Gasteiger partial charge is 0.487 e. The van der Waals surface area contributed by atoms with Gasteiger partial charge in [-0.2, -0.15) is 0 Å². The molecule has 0 bridgehead atoms. The molecule has 8 heavy (non-hydrogen) atoms. The second-order valence-electron chi connectivity index (χ2n) is 1.31. The molecule has 0 unspecified atom stereocenters. The molecule has 1 radical (unpaired) electrons. The van der Waals surface area contributed by atoms with Crippen LogP contribution in [0.25, 0.3) is 0 Å². The van der Waals surface area contributed by atoms with E-state index in [-0.39, 0.29) is 0 Å². The summed E-state index contributed by atoms with van der Waals surface area (Å²) < 4.78 is 4.89. The summed E-state index contributed by atoms with van der Waals surface area (Å²) in [5.41, 5.74) is 6.74. The van der Waals surface area contributed by atoms with Gasteiger partial charge in [0.15, 0.2) is 5.05 Å². The van der Waals surface area contributed by atoms with Crippen molar-refractivity contribution in [2.75, 3.05) is 13.2 Å². The highest BCUT2D eigenvalue weighted by Gasteiger charge is 1.90. The molecule has 0 aliphatic rings. The van der Waals surface area contributed by atoms with Crippen molar-refractivity contribution in [3.8, 4) is 0 Å². The number of thiocarbonyl (C=S) groups is 1. The zero-order chi connectivity index (χ0) is 6.41. The Bertz CT molecular complexity index is 66.8. The van der Waals surface area contributed by atoms with Crippen molar-refractivity contribution in [1.29, 1.82) is 0 Å². The Balaban J connectivity index is 3.06. The van der Waals surface area contributed by atoms with Crippen LogP contribution in [0.4, 0.5) is 0 Å². The normalized spacial score (nSPS) is 8.75. The van der Waals surface area contributed by atoms with Crippen LogP contribution < -0.4 is 5.73 Å². The molecule has 0 fully saturated rings. The van der Waals surface area contributed by atoms with Gasteiger partial charge in [-0.3, -0.25) is 5.73 Å². The molecule has 0 aromatic carbocycles. The van der Waals surface area contributed by atoms with Crippen molar-refractivity contribution in [1.82, 2.24) is 5.73 Å². The lowest BCUT2D eigenvalue weighted by Gasteiger charge is -1.99. The maximum atomic E-state index is 6.74. The fraction of sp³-hybridized carbons (Fsp3) is 0.800. The highest BCUT2D eigenvalue weighted by atomic mass is 32.1. The predicted molar refractivity (Wildman–Crippen MR) is 36.8 cm³/mol. The third-order valence-corrected chi connectivity index (χ3v) is 0.956. The van der Waals surface area contributed by atoms with Gasteiger partial charge < -0.3 is 4.74 Å². The quantitative estimate of drug-likeness (QED) is 0.537. The minimum absolute atomic E-state index is 0.332. The van der Waals surface area contributed by atoms with Crippen LogP contribution in [0.3, 0.4) is 0 Å². The fourth-order valence-electron chi connectivity index (χ4n) is 0.335. The lowest BCUT2D eigenvalue weighted by atomic mass is 10.5. The van der Waals surface area contributed by atoms with Crippen LogP contribution in [0.1, 0.15) is 13.3 Å². The average molecular weight is 132 g/mol. The van der Waals surface area contributed by atoms with Gasteiger partial charge in [-0.15, -0.1) is 0 Å². The van der Waals surface area contributed by atoms with Crippen molar-refractivity contribution in [2.24, 2.45) is 0 Å². The lowest BCUT2D eigenvalue weighted by Crippen LogP contribution is -2.03. The molecule has 0 heterocycles. The van der Waals surface area contributed by atoms with Crippen LogP contribution in [0, 0.1) is 0 Å². The Labute approximate surface area is 55.0 Å². The Hall–Kier alpha value is -0.150. The van der Waals surface area contributed by atoms with Gasteiger partial charge in [-0.1, -0.05) is 0 Å². The summed E-state index contributed by atoms with van der Waals surface area (Å²) in [6.45, 7) is 2.84. The maximum absolute atomic E-state index is 6.74. The van der Waals surface area contributed by atoms with E-state index in [1.54, 1.807) is 0 Å². The van der Waals surface area contributed by atoms with Gasteiger partial charge in [0.05, 0.1) is 6.61 Å². The third-order valence-electron chi connectivity index (χ3n) is 0.634. The molecule has 2 nitrogen and oxygen atoms in total. The van der Waals surface area contributed by atoms with E-state index in [2.05, 4.69) is 0 Å². The van der Waals surface area contributed by atoms with Gasteiger partial charge >= 0.3 is 0 Å². The molecular weight excluding hydrogens is 122 g/mol. The highest BCUT2D eigenvalue weighted by Crippen LogP contribution is 1.86. The van der Waals surface area contributed by atoms with Crippen LogP contribution in [0.15, 0.2) is 0 Å². The van der Waals surface area contributed by atoms with E-state index in [0.29, 0.717) is 24.6 Å². The number of rotatable bonds is 3. The van der Waals surface area contributed by atoms with Crippen LogP contribution in [0.5, 0.6) is 0 Å². The number of nitrogens with one attached hydrogen (secondary N) is 1. The topological polar surface area (TPSA) is 33.0 Å². The summed E-state index contributed by atoms with van der Waals surface area (Å²) in [4.78, 5) is 0. The van der Waals surface area contributed by atoms with Crippen molar-refractivity contribution in [3.63, 3.8) is 0 Å². The zero-order valence-corrected chi connectivity index (χ0v) is 5.75. The molecule has 0 aromatic heterocycles. The van der Waals surface area contributed by atoms with Gasteiger partial charge in [-0.05, 0) is 19.1 Å². The summed E-state index contributed by atoms with van der Waals surface area (Å²) in [6.07, 6.45) is 0.586. The first-order valence-corrected chi connectivity index (χ1v) is 3.02. The van der Waals surface area contributed by atoms with E-state index < -0.39 is 0 Å². The summed E-state index contributed by atoms with van der Waals surface area (Å²) in [5.74, 6) is 0. The second-order valence-corrected chi connectivity index (χ2v) is 1.76. The van der Waals surface area contributed by atoms with Gasteiger partial charge in [0.25, 0.3) is 0 Å². The third kappa shape index (κ3) is 4.02. The molecule has 0 aliphatic carbocycles. The molecule has 0 amide bonds. The Morgan fingerprint density at radius 2 is 2.38 bits per heavy atom. The first-order chi connectivity index (χ1) is 3.81. The number of ether oxygens (including phenoxy) is 1. The molecular formula is C5H10NOS. The van der Waals surface area contributed by atoms with Crippen molar-refractivity contribution in [2.45, 2.75) is 13.3 Å². The molecule has 3 heteroatoms. The molecule has 0 rings (SSSR count). The summed E-state index contributed by atoms with van der Waals surface area (Å²) >= 11 is 4.71.